The summed E-state index contributed by atoms with van der Waals surface area (Å²) < 4.78 is 38.6. The van der Waals surface area contributed by atoms with Crippen LogP contribution in [0.25, 0.3) is 22.2 Å². The Morgan fingerprint density at radius 2 is 1.67 bits per heavy atom. The molecular weight excluding hydrogens is 281 g/mol. The Morgan fingerprint density at radius 3 is 2.33 bits per heavy atom. The van der Waals surface area contributed by atoms with E-state index in [1.165, 1.54) is 18.5 Å². The largest absolute Gasteiger partial charge is 0.416 e. The molecule has 3 rings (SSSR count). The highest BCUT2D eigenvalue weighted by Gasteiger charge is 2.30. The lowest BCUT2D eigenvalue weighted by Crippen LogP contribution is -2.05. The van der Waals surface area contributed by atoms with Crippen molar-refractivity contribution < 1.29 is 13.2 Å². The highest BCUT2D eigenvalue weighted by Crippen LogP contribution is 2.34. The molecule has 0 aliphatic rings. The van der Waals surface area contributed by atoms with Gasteiger partial charge in [-0.3, -0.25) is 4.98 Å². The molecule has 0 bridgehead atoms. The minimum Gasteiger partial charge on any atom is -0.368 e. The molecule has 0 fully saturated rings. The van der Waals surface area contributed by atoms with Crippen molar-refractivity contribution in [1.82, 2.24) is 15.0 Å². The maximum Gasteiger partial charge on any atom is 0.416 e. The predicted octanol–water partition coefficient (Wildman–Crippen LogP) is 3.29. The molecule has 7 heteroatoms. The van der Waals surface area contributed by atoms with Crippen LogP contribution in [0.15, 0.2) is 42.7 Å². The minimum atomic E-state index is -4.43. The van der Waals surface area contributed by atoms with Crippen LogP contribution in [0.4, 0.5) is 19.1 Å². The van der Waals surface area contributed by atoms with Crippen LogP contribution in [0.3, 0.4) is 0 Å². The van der Waals surface area contributed by atoms with Crippen molar-refractivity contribution in [2.24, 2.45) is 0 Å². The zero-order valence-corrected chi connectivity index (χ0v) is 10.6. The molecule has 0 unspecified atom stereocenters. The lowest BCUT2D eigenvalue weighted by Gasteiger charge is -2.10. The third-order valence-electron chi connectivity index (χ3n) is 2.99. The number of pyridine rings is 1. The number of fused-ring (bicyclic) bond motifs is 1. The number of halogens is 3. The van der Waals surface area contributed by atoms with Gasteiger partial charge in [-0.25, -0.2) is 9.97 Å². The summed E-state index contributed by atoms with van der Waals surface area (Å²) in [6.45, 7) is 0. The molecule has 0 saturated heterocycles. The number of nitrogens with two attached hydrogens (primary N) is 1. The molecular formula is C14H9F3N4. The molecule has 3 aromatic rings. The highest BCUT2D eigenvalue weighted by atomic mass is 19.4. The van der Waals surface area contributed by atoms with Crippen molar-refractivity contribution in [1.29, 1.82) is 0 Å². The van der Waals surface area contributed by atoms with Gasteiger partial charge in [-0.05, 0) is 30.3 Å². The molecule has 106 valence electrons. The Balaban J connectivity index is 2.32. The van der Waals surface area contributed by atoms with E-state index in [1.807, 2.05) is 0 Å². The predicted molar refractivity (Wildman–Crippen MR) is 72.2 cm³/mol. The quantitative estimate of drug-likeness (QED) is 0.747. The summed E-state index contributed by atoms with van der Waals surface area (Å²) in [5, 5.41) is 0.297. The number of aromatic nitrogens is 3. The molecule has 2 N–H and O–H groups in total. The van der Waals surface area contributed by atoms with Gasteiger partial charge in [0.2, 0.25) is 5.95 Å². The van der Waals surface area contributed by atoms with Gasteiger partial charge in [0.1, 0.15) is 0 Å². The SMILES string of the molecule is Nc1nc(-c2ccncc2)c2cc(C(F)(F)F)ccc2n1. The first-order chi connectivity index (χ1) is 9.95. The Labute approximate surface area is 117 Å². The van der Waals surface area contributed by atoms with E-state index in [1.54, 1.807) is 12.1 Å². The number of anilines is 1. The van der Waals surface area contributed by atoms with E-state index in [9.17, 15) is 13.2 Å². The topological polar surface area (TPSA) is 64.7 Å². The standard InChI is InChI=1S/C14H9F3N4/c15-14(16,17)9-1-2-11-10(7-9)12(21-13(18)20-11)8-3-5-19-6-4-8/h1-7H,(H2,18,20,21). The second-order valence-corrected chi connectivity index (χ2v) is 4.40. The zero-order chi connectivity index (χ0) is 15.0. The fraction of sp³-hybridized carbons (Fsp3) is 0.0714. The summed E-state index contributed by atoms with van der Waals surface area (Å²) >= 11 is 0. The minimum absolute atomic E-state index is 0.00840. The van der Waals surface area contributed by atoms with Crippen molar-refractivity contribution in [3.63, 3.8) is 0 Å². The van der Waals surface area contributed by atoms with Gasteiger partial charge in [0, 0.05) is 23.3 Å². The number of benzene rings is 1. The summed E-state index contributed by atoms with van der Waals surface area (Å²) in [5.41, 5.74) is 6.22. The Kier molecular flexibility index (Phi) is 2.97. The van der Waals surface area contributed by atoms with Gasteiger partial charge in [0.25, 0.3) is 0 Å². The van der Waals surface area contributed by atoms with E-state index in [-0.39, 0.29) is 5.95 Å². The van der Waals surface area contributed by atoms with E-state index in [0.717, 1.165) is 12.1 Å². The van der Waals surface area contributed by atoms with Gasteiger partial charge >= 0.3 is 6.18 Å². The molecule has 0 amide bonds. The van der Waals surface area contributed by atoms with E-state index >= 15 is 0 Å². The van der Waals surface area contributed by atoms with Gasteiger partial charge < -0.3 is 5.73 Å². The van der Waals surface area contributed by atoms with Gasteiger partial charge in [-0.15, -0.1) is 0 Å². The van der Waals surface area contributed by atoms with Crippen molar-refractivity contribution in [3.05, 3.63) is 48.3 Å². The van der Waals surface area contributed by atoms with Crippen molar-refractivity contribution >= 4 is 16.9 Å². The molecule has 0 saturated carbocycles. The number of hydrogen-bond acceptors (Lipinski definition) is 4. The number of nitrogens with zero attached hydrogens (tertiary/aromatic N) is 3. The molecule has 0 aliphatic heterocycles. The summed E-state index contributed by atoms with van der Waals surface area (Å²) in [7, 11) is 0. The first kappa shape index (κ1) is 13.3. The molecule has 2 heterocycles. The lowest BCUT2D eigenvalue weighted by molar-refractivity contribution is -0.137. The summed E-state index contributed by atoms with van der Waals surface area (Å²) in [5.74, 6) is 0.00840. The molecule has 0 radical (unpaired) electrons. The molecule has 0 atom stereocenters. The van der Waals surface area contributed by atoms with Gasteiger partial charge in [0.05, 0.1) is 16.8 Å². The van der Waals surface area contributed by atoms with Crippen LogP contribution in [0, 0.1) is 0 Å². The fourth-order valence-corrected chi connectivity index (χ4v) is 2.05. The number of alkyl halides is 3. The highest BCUT2D eigenvalue weighted by molar-refractivity contribution is 5.93. The zero-order valence-electron chi connectivity index (χ0n) is 10.6. The lowest BCUT2D eigenvalue weighted by atomic mass is 10.0. The summed E-state index contributed by atoms with van der Waals surface area (Å²) in [6.07, 6.45) is -1.36. The van der Waals surface area contributed by atoms with Crippen LogP contribution < -0.4 is 5.73 Å². The van der Waals surface area contributed by atoms with Crippen LogP contribution in [0.5, 0.6) is 0 Å². The Hall–Kier alpha value is -2.70. The van der Waals surface area contributed by atoms with Crippen LogP contribution in [0.1, 0.15) is 5.56 Å². The van der Waals surface area contributed by atoms with Gasteiger partial charge in [-0.1, -0.05) is 0 Å². The number of nitrogen functional groups attached to an aromatic ring is 1. The molecule has 1 aromatic carbocycles. The monoisotopic (exact) mass is 290 g/mol. The molecule has 4 nitrogen and oxygen atoms in total. The van der Waals surface area contributed by atoms with E-state index in [2.05, 4.69) is 15.0 Å². The average molecular weight is 290 g/mol. The third-order valence-corrected chi connectivity index (χ3v) is 2.99. The van der Waals surface area contributed by atoms with Crippen LogP contribution in [0.2, 0.25) is 0 Å². The molecule has 0 spiro atoms. The summed E-state index contributed by atoms with van der Waals surface area (Å²) in [4.78, 5) is 11.9. The second kappa shape index (κ2) is 4.69. The Bertz CT molecular complexity index is 800. The first-order valence-electron chi connectivity index (χ1n) is 6.00. The second-order valence-electron chi connectivity index (χ2n) is 4.40. The van der Waals surface area contributed by atoms with Gasteiger partial charge in [-0.2, -0.15) is 13.2 Å². The van der Waals surface area contributed by atoms with E-state index in [4.69, 9.17) is 5.73 Å². The van der Waals surface area contributed by atoms with Gasteiger partial charge in [0.15, 0.2) is 0 Å². The van der Waals surface area contributed by atoms with Crippen molar-refractivity contribution in [2.75, 3.05) is 5.73 Å². The Morgan fingerprint density at radius 1 is 0.952 bits per heavy atom. The third kappa shape index (κ3) is 2.49. The maximum absolute atomic E-state index is 12.9. The normalized spacial score (nSPS) is 11.8. The van der Waals surface area contributed by atoms with E-state index in [0.29, 0.717) is 22.2 Å². The first-order valence-corrected chi connectivity index (χ1v) is 6.00. The van der Waals surface area contributed by atoms with Crippen molar-refractivity contribution in [3.8, 4) is 11.3 Å². The van der Waals surface area contributed by atoms with Crippen LogP contribution in [-0.4, -0.2) is 15.0 Å². The molecule has 2 aromatic heterocycles. The fourth-order valence-electron chi connectivity index (χ4n) is 2.05. The van der Waals surface area contributed by atoms with E-state index < -0.39 is 11.7 Å². The summed E-state index contributed by atoms with van der Waals surface area (Å²) in [6, 6.07) is 6.61. The molecule has 0 aliphatic carbocycles. The van der Waals surface area contributed by atoms with Crippen LogP contribution >= 0.6 is 0 Å². The van der Waals surface area contributed by atoms with Crippen molar-refractivity contribution in [2.45, 2.75) is 6.18 Å². The van der Waals surface area contributed by atoms with Crippen LogP contribution in [-0.2, 0) is 6.18 Å². The molecule has 21 heavy (non-hydrogen) atoms. The number of hydrogen-bond donors (Lipinski definition) is 1. The smallest absolute Gasteiger partial charge is 0.368 e. The average Bonchev–Trinajstić information content (AvgIpc) is 2.46. The number of rotatable bonds is 1. The maximum atomic E-state index is 12.9.